The zero-order chi connectivity index (χ0) is 19.9. The Morgan fingerprint density at radius 2 is 1.36 bits per heavy atom. The summed E-state index contributed by atoms with van der Waals surface area (Å²) in [5.41, 5.74) is 0. The molecule has 2 heterocycles. The summed E-state index contributed by atoms with van der Waals surface area (Å²) in [5.74, 6) is 0.932. The Bertz CT molecular complexity index is 668. The first kappa shape index (κ1) is 20.6. The van der Waals surface area contributed by atoms with Crippen LogP contribution in [0.15, 0.2) is 9.98 Å². The molecule has 0 unspecified atom stereocenters. The normalized spacial score (nSPS) is 27.6. The lowest BCUT2D eigenvalue weighted by Crippen LogP contribution is -2.35. The van der Waals surface area contributed by atoms with Gasteiger partial charge in [0.05, 0.1) is 11.5 Å². The molecule has 10 nitrogen and oxygen atoms in total. The molecule has 0 spiro atoms. The predicted octanol–water partition coefficient (Wildman–Crippen LogP) is 0.650. The molecule has 4 N–H and O–H groups in total. The number of hydrogen-bond acceptors (Lipinski definition) is 6. The van der Waals surface area contributed by atoms with E-state index in [4.69, 9.17) is 0 Å². The third-order valence-electron chi connectivity index (χ3n) is 4.55. The number of amides is 6. The third-order valence-corrected chi connectivity index (χ3v) is 6.30. The fourth-order valence-corrected chi connectivity index (χ4v) is 4.62. The minimum absolute atomic E-state index is 0.146. The van der Waals surface area contributed by atoms with Gasteiger partial charge in [0.15, 0.2) is 10.3 Å². The van der Waals surface area contributed by atoms with Crippen LogP contribution in [-0.4, -0.2) is 58.8 Å². The number of thioether (sulfide) groups is 2. The van der Waals surface area contributed by atoms with Crippen LogP contribution in [0.3, 0.4) is 0 Å². The molecule has 0 aromatic heterocycles. The van der Waals surface area contributed by atoms with Crippen LogP contribution in [-0.2, 0) is 9.59 Å². The van der Waals surface area contributed by atoms with Gasteiger partial charge < -0.3 is 21.3 Å². The second-order valence-electron chi connectivity index (χ2n) is 6.78. The second-order valence-corrected chi connectivity index (χ2v) is 8.71. The van der Waals surface area contributed by atoms with Gasteiger partial charge in [-0.2, -0.15) is 9.98 Å². The van der Waals surface area contributed by atoms with Gasteiger partial charge in [0, 0.05) is 13.1 Å². The summed E-state index contributed by atoms with van der Waals surface area (Å²) in [6, 6.07) is -0.904. The SMILES string of the molecule is O=C1CS/C(=N\C(=O)NC[C@H]2CCC[C@@H](CNC(=O)/N=C3\NC(=O)CS3)C2)N1. The highest BCUT2D eigenvalue weighted by atomic mass is 32.2. The first-order valence-corrected chi connectivity index (χ1v) is 11.0. The van der Waals surface area contributed by atoms with Crippen molar-refractivity contribution in [2.24, 2.45) is 21.8 Å². The Balaban J connectivity index is 1.36. The highest BCUT2D eigenvalue weighted by molar-refractivity contribution is 8.15. The van der Waals surface area contributed by atoms with Gasteiger partial charge in [0.25, 0.3) is 0 Å². The molecule has 12 heteroatoms. The standard InChI is InChI=1S/C16H22N6O4S2/c23-11-7-27-15(19-11)21-13(25)17-5-9-2-1-3-10(4-9)6-18-14(26)22-16-20-12(24)8-28-16/h9-10H,1-8H2,(H2,17,19,21,23,25)(H2,18,20,22,24,26)/t9-,10+. The number of amidine groups is 2. The topological polar surface area (TPSA) is 141 Å². The summed E-state index contributed by atoms with van der Waals surface area (Å²) in [7, 11) is 0. The highest BCUT2D eigenvalue weighted by Crippen LogP contribution is 2.28. The molecule has 0 aromatic rings. The van der Waals surface area contributed by atoms with Crippen LogP contribution in [0.2, 0.25) is 0 Å². The van der Waals surface area contributed by atoms with Crippen molar-refractivity contribution in [1.82, 2.24) is 21.3 Å². The molecule has 28 heavy (non-hydrogen) atoms. The van der Waals surface area contributed by atoms with E-state index in [1.165, 1.54) is 23.5 Å². The van der Waals surface area contributed by atoms with Gasteiger partial charge in [-0.05, 0) is 31.1 Å². The Hall–Kier alpha value is -2.08. The molecule has 3 rings (SSSR count). The maximum Gasteiger partial charge on any atom is 0.343 e. The van der Waals surface area contributed by atoms with Gasteiger partial charge in [-0.25, -0.2) is 9.59 Å². The van der Waals surface area contributed by atoms with Crippen molar-refractivity contribution < 1.29 is 19.2 Å². The number of rotatable bonds is 4. The van der Waals surface area contributed by atoms with Crippen LogP contribution in [0.25, 0.3) is 0 Å². The molecule has 3 fully saturated rings. The third kappa shape index (κ3) is 6.51. The molecule has 2 saturated heterocycles. The van der Waals surface area contributed by atoms with E-state index < -0.39 is 12.1 Å². The van der Waals surface area contributed by atoms with E-state index in [0.717, 1.165) is 25.7 Å². The van der Waals surface area contributed by atoms with Crippen LogP contribution in [0.5, 0.6) is 0 Å². The summed E-state index contributed by atoms with van der Waals surface area (Å²) < 4.78 is 0. The lowest BCUT2D eigenvalue weighted by atomic mass is 9.81. The summed E-state index contributed by atoms with van der Waals surface area (Å²) >= 11 is 2.43. The number of hydrogen-bond donors (Lipinski definition) is 4. The monoisotopic (exact) mass is 426 g/mol. The average Bonchev–Trinajstić information content (AvgIpc) is 3.26. The molecule has 6 amide bonds. The van der Waals surface area contributed by atoms with Gasteiger partial charge >= 0.3 is 12.1 Å². The minimum Gasteiger partial charge on any atom is -0.336 e. The molecular weight excluding hydrogens is 404 g/mol. The van der Waals surface area contributed by atoms with Crippen LogP contribution in [0.1, 0.15) is 25.7 Å². The lowest BCUT2D eigenvalue weighted by Gasteiger charge is -2.29. The van der Waals surface area contributed by atoms with Gasteiger partial charge in [-0.3, -0.25) is 9.59 Å². The van der Waals surface area contributed by atoms with Crippen molar-refractivity contribution in [3.63, 3.8) is 0 Å². The predicted molar refractivity (Wildman–Crippen MR) is 108 cm³/mol. The summed E-state index contributed by atoms with van der Waals surface area (Å²) in [6.07, 6.45) is 3.95. The van der Waals surface area contributed by atoms with Crippen molar-refractivity contribution in [3.05, 3.63) is 0 Å². The number of carbonyl (C=O) groups excluding carboxylic acids is 4. The number of urea groups is 2. The van der Waals surface area contributed by atoms with Gasteiger partial charge in [0.1, 0.15) is 0 Å². The van der Waals surface area contributed by atoms with E-state index in [9.17, 15) is 19.2 Å². The van der Waals surface area contributed by atoms with Crippen molar-refractivity contribution in [2.45, 2.75) is 25.7 Å². The number of aliphatic imine (C=N–C) groups is 2. The Morgan fingerprint density at radius 3 is 1.75 bits per heavy atom. The van der Waals surface area contributed by atoms with Crippen molar-refractivity contribution in [1.29, 1.82) is 0 Å². The molecule has 0 radical (unpaired) electrons. The summed E-state index contributed by atoms with van der Waals surface area (Å²) in [6.45, 7) is 1.04. The largest absolute Gasteiger partial charge is 0.343 e. The molecule has 0 aromatic carbocycles. The van der Waals surface area contributed by atoms with Crippen molar-refractivity contribution in [3.8, 4) is 0 Å². The first-order chi connectivity index (χ1) is 13.5. The Morgan fingerprint density at radius 1 is 0.893 bits per heavy atom. The van der Waals surface area contributed by atoms with Crippen molar-refractivity contribution >= 4 is 57.7 Å². The molecule has 0 bridgehead atoms. The van der Waals surface area contributed by atoms with Crippen LogP contribution >= 0.6 is 23.5 Å². The molecule has 1 saturated carbocycles. The zero-order valence-electron chi connectivity index (χ0n) is 15.2. The molecule has 3 aliphatic rings. The fraction of sp³-hybridized carbons (Fsp3) is 0.625. The van der Waals surface area contributed by atoms with E-state index in [-0.39, 0.29) is 11.8 Å². The van der Waals surface area contributed by atoms with E-state index in [1.54, 1.807) is 0 Å². The Labute approximate surface area is 170 Å². The molecule has 152 valence electrons. The maximum absolute atomic E-state index is 11.9. The zero-order valence-corrected chi connectivity index (χ0v) is 16.8. The minimum atomic E-state index is -0.452. The molecule has 2 atom stereocenters. The fourth-order valence-electron chi connectivity index (χ4n) is 3.27. The van der Waals surface area contributed by atoms with Crippen LogP contribution in [0.4, 0.5) is 9.59 Å². The summed E-state index contributed by atoms with van der Waals surface area (Å²) in [4.78, 5) is 53.6. The second kappa shape index (κ2) is 9.92. The average molecular weight is 427 g/mol. The molecule has 1 aliphatic carbocycles. The van der Waals surface area contributed by atoms with Crippen LogP contribution in [0, 0.1) is 11.8 Å². The van der Waals surface area contributed by atoms with E-state index in [2.05, 4.69) is 31.3 Å². The number of carbonyl (C=O) groups is 4. The van der Waals surface area contributed by atoms with E-state index in [0.29, 0.717) is 46.8 Å². The number of nitrogens with zero attached hydrogens (tertiary/aromatic N) is 2. The van der Waals surface area contributed by atoms with Crippen LogP contribution < -0.4 is 21.3 Å². The van der Waals surface area contributed by atoms with E-state index >= 15 is 0 Å². The van der Waals surface area contributed by atoms with Crippen molar-refractivity contribution in [2.75, 3.05) is 24.6 Å². The first-order valence-electron chi connectivity index (χ1n) is 9.06. The molecular formula is C16H22N6O4S2. The van der Waals surface area contributed by atoms with Gasteiger partial charge in [-0.15, -0.1) is 0 Å². The number of nitrogens with one attached hydrogen (secondary N) is 4. The summed E-state index contributed by atoms with van der Waals surface area (Å²) in [5, 5.41) is 11.3. The highest BCUT2D eigenvalue weighted by Gasteiger charge is 2.24. The van der Waals surface area contributed by atoms with E-state index in [1.807, 2.05) is 0 Å². The maximum atomic E-state index is 11.9. The van der Waals surface area contributed by atoms with Gasteiger partial charge in [-0.1, -0.05) is 29.9 Å². The lowest BCUT2D eigenvalue weighted by molar-refractivity contribution is -0.117. The van der Waals surface area contributed by atoms with Gasteiger partial charge in [0.2, 0.25) is 11.8 Å². The smallest absolute Gasteiger partial charge is 0.336 e. The quantitative estimate of drug-likeness (QED) is 0.520. The Kier molecular flexibility index (Phi) is 7.31. The molecule has 2 aliphatic heterocycles.